The van der Waals surface area contributed by atoms with Crippen molar-refractivity contribution in [2.45, 2.75) is 70.5 Å². The zero-order valence-electron chi connectivity index (χ0n) is 21.1. The molecule has 0 amide bonds. The van der Waals surface area contributed by atoms with Crippen LogP contribution in [0.3, 0.4) is 0 Å². The molecule has 0 atom stereocenters. The first kappa shape index (κ1) is 24.2. The molecule has 0 saturated carbocycles. The number of nitrogens with zero attached hydrogens (tertiary/aromatic N) is 6. The van der Waals surface area contributed by atoms with Gasteiger partial charge in [-0.15, -0.1) is 5.11 Å². The largest absolute Gasteiger partial charge is 0.416 e. The summed E-state index contributed by atoms with van der Waals surface area (Å²) in [6.45, 7) is 4.90. The number of fused-ring (bicyclic) bond motifs is 3. The van der Waals surface area contributed by atoms with Crippen molar-refractivity contribution in [3.8, 4) is 0 Å². The molecule has 0 aliphatic carbocycles. The van der Waals surface area contributed by atoms with Crippen LogP contribution in [0, 0.1) is 0 Å². The highest BCUT2D eigenvalue weighted by Crippen LogP contribution is 2.45. The van der Waals surface area contributed by atoms with Crippen LogP contribution in [0.1, 0.15) is 62.8 Å². The highest BCUT2D eigenvalue weighted by atomic mass is 19.4. The van der Waals surface area contributed by atoms with Gasteiger partial charge < -0.3 is 14.4 Å². The predicted molar refractivity (Wildman–Crippen MR) is 140 cm³/mol. The molecule has 1 aromatic heterocycles. The van der Waals surface area contributed by atoms with Crippen LogP contribution in [-0.4, -0.2) is 35.7 Å². The summed E-state index contributed by atoms with van der Waals surface area (Å²) in [4.78, 5) is 10.0. The number of anilines is 2. The Bertz CT molecular complexity index is 1280. The van der Waals surface area contributed by atoms with Crippen LogP contribution >= 0.6 is 0 Å². The molecule has 2 saturated heterocycles. The fourth-order valence-electron chi connectivity index (χ4n) is 5.97. The van der Waals surface area contributed by atoms with Crippen molar-refractivity contribution in [1.29, 1.82) is 0 Å². The number of alkyl halides is 3. The second-order valence-corrected chi connectivity index (χ2v) is 10.4. The van der Waals surface area contributed by atoms with Crippen molar-refractivity contribution >= 4 is 33.8 Å². The van der Waals surface area contributed by atoms with Crippen molar-refractivity contribution in [1.82, 2.24) is 9.55 Å². The van der Waals surface area contributed by atoms with E-state index in [2.05, 4.69) is 25.5 Å². The molecule has 3 aromatic rings. The third kappa shape index (κ3) is 4.80. The second-order valence-electron chi connectivity index (χ2n) is 10.4. The summed E-state index contributed by atoms with van der Waals surface area (Å²) in [7, 11) is 0. The van der Waals surface area contributed by atoms with Gasteiger partial charge in [0.15, 0.2) is 0 Å². The van der Waals surface area contributed by atoms with E-state index in [0.29, 0.717) is 5.69 Å². The summed E-state index contributed by atoms with van der Waals surface area (Å²) < 4.78 is 41.5. The van der Waals surface area contributed by atoms with Gasteiger partial charge in [0.1, 0.15) is 22.5 Å². The molecular weight excluding hydrogens is 477 g/mol. The van der Waals surface area contributed by atoms with E-state index < -0.39 is 11.7 Å². The van der Waals surface area contributed by atoms with Crippen molar-refractivity contribution in [3.63, 3.8) is 0 Å². The molecule has 196 valence electrons. The molecular formula is C28H33F3N6. The Labute approximate surface area is 215 Å². The van der Waals surface area contributed by atoms with E-state index in [-0.39, 0.29) is 0 Å². The smallest absolute Gasteiger partial charge is 0.370 e. The lowest BCUT2D eigenvalue weighted by Crippen LogP contribution is -2.32. The number of halogens is 3. The first-order valence-electron chi connectivity index (χ1n) is 13.6. The molecule has 0 radical (unpaired) electrons. The van der Waals surface area contributed by atoms with Crippen molar-refractivity contribution in [2.24, 2.45) is 10.2 Å². The molecule has 0 N–H and O–H groups in total. The summed E-state index contributed by atoms with van der Waals surface area (Å²) in [5.74, 6) is 1.10. The summed E-state index contributed by atoms with van der Waals surface area (Å²) >= 11 is 0. The maximum atomic E-state index is 13.0. The maximum absolute atomic E-state index is 13.0. The molecule has 37 heavy (non-hydrogen) atoms. The zero-order chi connectivity index (χ0) is 25.4. The minimum Gasteiger partial charge on any atom is -0.370 e. The first-order valence-corrected chi connectivity index (χ1v) is 13.6. The van der Waals surface area contributed by atoms with Gasteiger partial charge in [0.25, 0.3) is 0 Å². The van der Waals surface area contributed by atoms with E-state index in [0.717, 1.165) is 105 Å². The monoisotopic (exact) mass is 510 g/mol. The Morgan fingerprint density at radius 3 is 1.97 bits per heavy atom. The molecule has 3 aliphatic heterocycles. The normalized spacial score (nSPS) is 19.1. The minimum atomic E-state index is -4.37. The van der Waals surface area contributed by atoms with Crippen LogP contribution in [0.5, 0.6) is 0 Å². The van der Waals surface area contributed by atoms with Gasteiger partial charge in [-0.25, -0.2) is 4.98 Å². The molecule has 3 aliphatic rings. The average molecular weight is 511 g/mol. The van der Waals surface area contributed by atoms with E-state index >= 15 is 0 Å². The van der Waals surface area contributed by atoms with E-state index in [1.807, 2.05) is 0 Å². The molecule has 6 rings (SSSR count). The quantitative estimate of drug-likeness (QED) is 0.337. The number of hydrogen-bond donors (Lipinski definition) is 0. The molecule has 0 bridgehead atoms. The molecule has 4 heterocycles. The van der Waals surface area contributed by atoms with Crippen LogP contribution in [0.25, 0.3) is 11.0 Å². The van der Waals surface area contributed by atoms with Crippen LogP contribution in [0.15, 0.2) is 40.6 Å². The lowest BCUT2D eigenvalue weighted by molar-refractivity contribution is -0.137. The van der Waals surface area contributed by atoms with Gasteiger partial charge in [0.05, 0.1) is 22.6 Å². The van der Waals surface area contributed by atoms with Crippen LogP contribution in [0.2, 0.25) is 0 Å². The number of aromatic nitrogens is 2. The topological polar surface area (TPSA) is 49.0 Å². The summed E-state index contributed by atoms with van der Waals surface area (Å²) in [5.41, 5.74) is 4.78. The lowest BCUT2D eigenvalue weighted by Gasteiger charge is -2.33. The van der Waals surface area contributed by atoms with Crippen molar-refractivity contribution in [3.05, 3.63) is 41.7 Å². The maximum Gasteiger partial charge on any atom is 0.416 e. The minimum absolute atomic E-state index is 0.407. The Morgan fingerprint density at radius 2 is 1.32 bits per heavy atom. The zero-order valence-corrected chi connectivity index (χ0v) is 21.1. The van der Waals surface area contributed by atoms with Gasteiger partial charge in [-0.1, -0.05) is 0 Å². The van der Waals surface area contributed by atoms with E-state index in [1.54, 1.807) is 0 Å². The molecule has 6 nitrogen and oxygen atoms in total. The van der Waals surface area contributed by atoms with Crippen LogP contribution in [-0.2, 0) is 19.1 Å². The Kier molecular flexibility index (Phi) is 6.55. The van der Waals surface area contributed by atoms with Gasteiger partial charge in [0, 0.05) is 39.1 Å². The molecule has 0 unspecified atom stereocenters. The Balaban J connectivity index is 1.51. The number of piperidine rings is 2. The van der Waals surface area contributed by atoms with Crippen LogP contribution < -0.4 is 9.80 Å². The Hall–Kier alpha value is -3.10. The predicted octanol–water partition coefficient (Wildman–Crippen LogP) is 7.79. The van der Waals surface area contributed by atoms with E-state index in [9.17, 15) is 13.2 Å². The third-order valence-corrected chi connectivity index (χ3v) is 7.92. The molecule has 2 aromatic carbocycles. The first-order chi connectivity index (χ1) is 18.0. The summed E-state index contributed by atoms with van der Waals surface area (Å²) in [6.07, 6.45) is 5.93. The molecule has 9 heteroatoms. The highest BCUT2D eigenvalue weighted by Gasteiger charge is 2.30. The van der Waals surface area contributed by atoms with Gasteiger partial charge in [-0.3, -0.25) is 0 Å². The SMILES string of the molecule is FC(F)(F)c1ccc(N=Nc2c(N3CCCCC3)cc(N3CCCCC3)c3nc4n(c23)CCCC4)cc1. The van der Waals surface area contributed by atoms with Crippen LogP contribution in [0.4, 0.5) is 35.9 Å². The fraction of sp³-hybridized carbons (Fsp3) is 0.536. The van der Waals surface area contributed by atoms with Gasteiger partial charge in [-0.05, 0) is 81.7 Å². The number of hydrogen-bond acceptors (Lipinski definition) is 5. The second kappa shape index (κ2) is 9.99. The van der Waals surface area contributed by atoms with Crippen molar-refractivity contribution in [2.75, 3.05) is 36.0 Å². The number of azo groups is 1. The van der Waals surface area contributed by atoms with Gasteiger partial charge >= 0.3 is 6.18 Å². The van der Waals surface area contributed by atoms with Gasteiger partial charge in [-0.2, -0.15) is 18.3 Å². The fourth-order valence-corrected chi connectivity index (χ4v) is 5.97. The Morgan fingerprint density at radius 1 is 0.703 bits per heavy atom. The van der Waals surface area contributed by atoms with E-state index in [1.165, 1.54) is 43.5 Å². The number of aryl methyl sites for hydroxylation is 2. The third-order valence-electron chi connectivity index (χ3n) is 7.92. The molecule has 2 fully saturated rings. The molecule has 0 spiro atoms. The number of benzene rings is 2. The van der Waals surface area contributed by atoms with Gasteiger partial charge in [0.2, 0.25) is 0 Å². The summed E-state index contributed by atoms with van der Waals surface area (Å²) in [5, 5.41) is 9.21. The lowest BCUT2D eigenvalue weighted by atomic mass is 10.1. The van der Waals surface area contributed by atoms with E-state index in [4.69, 9.17) is 10.1 Å². The number of imidazole rings is 1. The number of rotatable bonds is 4. The summed E-state index contributed by atoms with van der Waals surface area (Å²) in [6, 6.07) is 7.17. The average Bonchev–Trinajstić information content (AvgIpc) is 3.32. The highest BCUT2D eigenvalue weighted by molar-refractivity contribution is 6.03. The van der Waals surface area contributed by atoms with Crippen molar-refractivity contribution < 1.29 is 13.2 Å². The standard InChI is InChI=1S/C28H33F3N6/c29-28(30,31)20-10-12-21(13-11-20)33-34-26-23(36-16-6-2-7-17-36)19-22(35-14-4-1-5-15-35)25-27(26)37-18-8-3-9-24(37)32-25/h10-13,19H,1-9,14-18H2.